The van der Waals surface area contributed by atoms with Crippen molar-refractivity contribution in [1.29, 1.82) is 0 Å². The number of unbranched alkanes of at least 4 members (excludes halogenated alkanes) is 6. The largest absolute Gasteiger partial charge is 0.409 e. The molecule has 0 aliphatic heterocycles. The monoisotopic (exact) mass is 726 g/mol. The van der Waals surface area contributed by atoms with Crippen molar-refractivity contribution in [3.63, 3.8) is 0 Å². The first-order valence-electron chi connectivity index (χ1n) is 18.2. The van der Waals surface area contributed by atoms with Crippen LogP contribution < -0.4 is 37.0 Å². The zero-order chi connectivity index (χ0) is 39.1. The highest BCUT2D eigenvalue weighted by molar-refractivity contribution is 6.15. The number of ketones is 1. The van der Waals surface area contributed by atoms with E-state index in [1.807, 2.05) is 24.3 Å². The summed E-state index contributed by atoms with van der Waals surface area (Å²) in [5.41, 5.74) is 0. The average Bonchev–Trinajstić information content (AvgIpc) is 3.11. The molecule has 0 spiro atoms. The maximum atomic E-state index is 13.0. The van der Waals surface area contributed by atoms with Gasteiger partial charge in [-0.3, -0.25) is 43.3 Å². The summed E-state index contributed by atoms with van der Waals surface area (Å²) in [5, 5.41) is 17.2. The van der Waals surface area contributed by atoms with Crippen molar-refractivity contribution in [1.82, 2.24) is 41.9 Å². The van der Waals surface area contributed by atoms with E-state index in [2.05, 4.69) is 26.5 Å². The normalized spacial score (nSPS) is 11.3. The number of carbonyl (C=O) groups excluding carboxylic acids is 8. The second-order valence-electron chi connectivity index (χ2n) is 12.9. The van der Waals surface area contributed by atoms with E-state index in [4.69, 9.17) is 23.9 Å². The van der Waals surface area contributed by atoms with Crippen LogP contribution in [-0.2, 0) is 38.4 Å². The predicted octanol–water partition coefficient (Wildman–Crippen LogP) is -1.20. The lowest BCUT2D eigenvalue weighted by molar-refractivity contribution is -0.129. The molecule has 19 heteroatoms. The van der Waals surface area contributed by atoms with Crippen molar-refractivity contribution in [3.05, 3.63) is 0 Å². The molecule has 1 atom stereocenters. The van der Waals surface area contributed by atoms with Gasteiger partial charge in [0.2, 0.25) is 65.3 Å². The van der Waals surface area contributed by atoms with Crippen molar-refractivity contribution in [2.45, 2.75) is 116 Å². The van der Waals surface area contributed by atoms with Gasteiger partial charge in [-0.1, -0.05) is 26.7 Å². The van der Waals surface area contributed by atoms with E-state index in [1.54, 1.807) is 0 Å². The number of amides is 7. The predicted molar refractivity (Wildman–Crippen MR) is 198 cm³/mol. The molecule has 0 bridgehead atoms. The van der Waals surface area contributed by atoms with Gasteiger partial charge in [0.15, 0.2) is 0 Å². The van der Waals surface area contributed by atoms with E-state index in [1.165, 1.54) is 4.90 Å². The SMILES string of the molecule is [B]NC(=O)CCCCC(=O)NCCCC[C@H](NC(=O)CCCCCNC(=O)CN(CC(=O)N[B])CC(=O)N[B])C(=O)NCCCCCC(=O)C(C)C. The number of nitrogens with zero attached hydrogens (tertiary/aromatic N) is 1. The van der Waals surface area contributed by atoms with Gasteiger partial charge in [0.05, 0.1) is 19.6 Å². The van der Waals surface area contributed by atoms with E-state index in [0.717, 1.165) is 12.8 Å². The topological polar surface area (TPSA) is 224 Å². The molecule has 0 aromatic rings. The highest BCUT2D eigenvalue weighted by atomic mass is 16.2. The number of carbonyl (C=O) groups is 8. The molecule has 0 aromatic heterocycles. The minimum atomic E-state index is -0.746. The quantitative estimate of drug-likeness (QED) is 0.0336. The van der Waals surface area contributed by atoms with Crippen LogP contribution in [0.1, 0.15) is 110 Å². The number of hydrogen-bond donors (Lipinski definition) is 7. The summed E-state index contributed by atoms with van der Waals surface area (Å²) in [5.74, 6) is -2.30. The molecule has 0 saturated heterocycles. The highest BCUT2D eigenvalue weighted by Crippen LogP contribution is 2.08. The fraction of sp³-hybridized carbons (Fsp3) is 0.758. The molecular formula is C33H57B3N8O8. The molecule has 0 saturated carbocycles. The summed E-state index contributed by atoms with van der Waals surface area (Å²) < 4.78 is 0. The smallest absolute Gasteiger partial charge is 0.242 e. The molecule has 16 nitrogen and oxygen atoms in total. The Balaban J connectivity index is 4.69. The van der Waals surface area contributed by atoms with Crippen LogP contribution >= 0.6 is 0 Å². The third kappa shape index (κ3) is 26.9. The maximum absolute atomic E-state index is 13.0. The van der Waals surface area contributed by atoms with Gasteiger partial charge in [0.1, 0.15) is 11.8 Å². The van der Waals surface area contributed by atoms with E-state index in [0.29, 0.717) is 90.3 Å². The molecule has 0 aromatic carbocycles. The summed E-state index contributed by atoms with van der Waals surface area (Å²) in [6.07, 6.45) is 7.91. The summed E-state index contributed by atoms with van der Waals surface area (Å²) in [4.78, 5) is 97.6. The molecule has 0 rings (SSSR count). The zero-order valence-electron chi connectivity index (χ0n) is 30.9. The molecule has 0 heterocycles. The number of rotatable bonds is 31. The van der Waals surface area contributed by atoms with Gasteiger partial charge in [-0.05, 0) is 57.8 Å². The van der Waals surface area contributed by atoms with Crippen LogP contribution in [0.4, 0.5) is 0 Å². The van der Waals surface area contributed by atoms with Gasteiger partial charge in [-0.2, -0.15) is 0 Å². The van der Waals surface area contributed by atoms with E-state index in [9.17, 15) is 38.4 Å². The standard InChI is InChI=1S/C33H57B3N8O8/c1-24(2)26(45)14-5-3-11-20-39-33(52)25(13-9-12-19-37-27(46)15-7-8-17-29(48)41-34)40-28(47)16-6-4-10-18-38-30(49)21-44(22-31(50)42-35)23-32(51)43-36/h24-25H,3-23H2,1-2H3,(H,37,46)(H,38,49)(H,39,52)(H,40,47)(H,41,48)(H,42,50)(H,43,51)/t25-/m0/s1. The van der Waals surface area contributed by atoms with E-state index >= 15 is 0 Å². The van der Waals surface area contributed by atoms with Crippen LogP contribution in [-0.4, -0.2) is 121 Å². The van der Waals surface area contributed by atoms with Crippen molar-refractivity contribution >= 4 is 71.1 Å². The van der Waals surface area contributed by atoms with Crippen molar-refractivity contribution in [2.24, 2.45) is 5.92 Å². The molecule has 7 amide bonds. The molecule has 0 fully saturated rings. The Morgan fingerprint density at radius 3 is 1.48 bits per heavy atom. The van der Waals surface area contributed by atoms with Gasteiger partial charge in [0, 0.05) is 51.2 Å². The number of Topliss-reactive ketones (excluding diaryl/α,β-unsaturated/α-hetero) is 1. The maximum Gasteiger partial charge on any atom is 0.242 e. The zero-order valence-corrected chi connectivity index (χ0v) is 30.9. The van der Waals surface area contributed by atoms with Crippen LogP contribution in [0.25, 0.3) is 0 Å². The van der Waals surface area contributed by atoms with Crippen molar-refractivity contribution in [2.75, 3.05) is 39.3 Å². The van der Waals surface area contributed by atoms with Crippen molar-refractivity contribution in [3.8, 4) is 0 Å². The summed E-state index contributed by atoms with van der Waals surface area (Å²) in [6.45, 7) is 4.13. The number of hydrogen-bond acceptors (Lipinski definition) is 9. The number of nitrogens with one attached hydrogen (secondary N) is 7. The third-order valence-corrected chi connectivity index (χ3v) is 7.98. The minimum absolute atomic E-state index is 0.00792. The molecule has 6 radical (unpaired) electrons. The molecule has 0 aliphatic carbocycles. The first-order chi connectivity index (χ1) is 24.8. The van der Waals surface area contributed by atoms with Gasteiger partial charge in [-0.25, -0.2) is 0 Å². The second-order valence-corrected chi connectivity index (χ2v) is 12.9. The van der Waals surface area contributed by atoms with E-state index in [-0.39, 0.29) is 67.8 Å². The Morgan fingerprint density at radius 2 is 0.923 bits per heavy atom. The third-order valence-electron chi connectivity index (χ3n) is 7.98. The molecule has 7 N–H and O–H groups in total. The van der Waals surface area contributed by atoms with Crippen LogP contribution in [0.15, 0.2) is 0 Å². The fourth-order valence-electron chi connectivity index (χ4n) is 4.93. The summed E-state index contributed by atoms with van der Waals surface area (Å²) in [7, 11) is 15.2. The van der Waals surface area contributed by atoms with Gasteiger partial charge in [-0.15, -0.1) is 0 Å². The lowest BCUT2D eigenvalue weighted by atomic mass is 10.0. The average molecular weight is 726 g/mol. The summed E-state index contributed by atoms with van der Waals surface area (Å²) >= 11 is 0. The van der Waals surface area contributed by atoms with Crippen LogP contribution in [0.3, 0.4) is 0 Å². The lowest BCUT2D eigenvalue weighted by Gasteiger charge is -2.20. The molecule has 0 aliphatic rings. The Bertz CT molecular complexity index is 1110. The molecule has 0 unspecified atom stereocenters. The highest BCUT2D eigenvalue weighted by Gasteiger charge is 2.20. The first-order valence-corrected chi connectivity index (χ1v) is 18.2. The Labute approximate surface area is 312 Å². The molecule has 286 valence electrons. The lowest BCUT2D eigenvalue weighted by Crippen LogP contribution is -2.47. The van der Waals surface area contributed by atoms with Crippen LogP contribution in [0.5, 0.6) is 0 Å². The van der Waals surface area contributed by atoms with E-state index < -0.39 is 23.8 Å². The Morgan fingerprint density at radius 1 is 0.481 bits per heavy atom. The molecule has 52 heavy (non-hydrogen) atoms. The van der Waals surface area contributed by atoms with Gasteiger partial charge >= 0.3 is 0 Å². The van der Waals surface area contributed by atoms with Crippen LogP contribution in [0, 0.1) is 5.92 Å². The summed E-state index contributed by atoms with van der Waals surface area (Å²) in [6, 6.07) is -0.746. The first kappa shape index (κ1) is 48.1. The van der Waals surface area contributed by atoms with Crippen LogP contribution in [0.2, 0.25) is 0 Å². The van der Waals surface area contributed by atoms with Gasteiger partial charge in [0.25, 0.3) is 0 Å². The second kappa shape index (κ2) is 30.7. The Hall–Kier alpha value is -3.89. The fourth-order valence-corrected chi connectivity index (χ4v) is 4.93. The minimum Gasteiger partial charge on any atom is -0.409 e. The Kier molecular flexibility index (Phi) is 28.4. The van der Waals surface area contributed by atoms with Gasteiger partial charge < -0.3 is 37.0 Å². The van der Waals surface area contributed by atoms with Crippen molar-refractivity contribution < 1.29 is 38.4 Å². The molecular weight excluding hydrogens is 669 g/mol.